The summed E-state index contributed by atoms with van der Waals surface area (Å²) in [5, 5.41) is 0. The number of hydrazine groups is 1. The molecular weight excluding hydrogens is 226 g/mol. The summed E-state index contributed by atoms with van der Waals surface area (Å²) >= 11 is 0. The van der Waals surface area contributed by atoms with E-state index in [1.165, 1.54) is 0 Å². The van der Waals surface area contributed by atoms with Crippen LogP contribution in [0.4, 0.5) is 5.82 Å². The number of nitrogens with one attached hydrogen (secondary N) is 1. The molecule has 2 aromatic heterocycles. The summed E-state index contributed by atoms with van der Waals surface area (Å²) < 4.78 is 0. The van der Waals surface area contributed by atoms with E-state index in [4.69, 9.17) is 5.84 Å². The Morgan fingerprint density at radius 2 is 1.94 bits per heavy atom. The van der Waals surface area contributed by atoms with Crippen LogP contribution in [0.25, 0.3) is 0 Å². The van der Waals surface area contributed by atoms with E-state index in [-0.39, 0.29) is 0 Å². The zero-order valence-corrected chi connectivity index (χ0v) is 10.4. The Bertz CT molecular complexity index is 543. The maximum Gasteiger partial charge on any atom is 0.154 e. The van der Waals surface area contributed by atoms with Gasteiger partial charge in [0.25, 0.3) is 0 Å². The lowest BCUT2D eigenvalue weighted by molar-refractivity contribution is 1.02. The highest BCUT2D eigenvalue weighted by Gasteiger charge is 2.02. The molecule has 92 valence electrons. The normalized spacial score (nSPS) is 11.4. The molecule has 2 rings (SSSR count). The molecule has 5 heteroatoms. The largest absolute Gasteiger partial charge is 0.308 e. The lowest BCUT2D eigenvalue weighted by Gasteiger charge is -2.06. The number of nitrogens with two attached hydrogens (primary N) is 1. The van der Waals surface area contributed by atoms with Crippen molar-refractivity contribution in [3.8, 4) is 0 Å². The first-order valence-corrected chi connectivity index (χ1v) is 5.60. The molecule has 18 heavy (non-hydrogen) atoms. The van der Waals surface area contributed by atoms with Gasteiger partial charge in [-0.2, -0.15) is 0 Å². The second-order valence-corrected chi connectivity index (χ2v) is 3.98. The smallest absolute Gasteiger partial charge is 0.154 e. The van der Waals surface area contributed by atoms with Crippen molar-refractivity contribution in [3.05, 3.63) is 53.5 Å². The standard InChI is InChI=1S/C13H15N5/c1-9-7-10(2)16-12(8-9)17-13(18-14)11-3-5-15-6-4-11/h3-8H,14H2,1-2H3,(H,16,17,18). The van der Waals surface area contributed by atoms with Crippen molar-refractivity contribution in [1.82, 2.24) is 15.4 Å². The van der Waals surface area contributed by atoms with E-state index < -0.39 is 0 Å². The monoisotopic (exact) mass is 241 g/mol. The quantitative estimate of drug-likeness (QED) is 0.362. The zero-order valence-electron chi connectivity index (χ0n) is 10.4. The highest BCUT2D eigenvalue weighted by molar-refractivity contribution is 5.99. The summed E-state index contributed by atoms with van der Waals surface area (Å²) in [6.45, 7) is 3.95. The van der Waals surface area contributed by atoms with Crippen molar-refractivity contribution >= 4 is 11.7 Å². The van der Waals surface area contributed by atoms with Crippen LogP contribution in [0.2, 0.25) is 0 Å². The number of amidine groups is 1. The third kappa shape index (κ3) is 2.89. The summed E-state index contributed by atoms with van der Waals surface area (Å²) in [6, 6.07) is 7.58. The number of hydrogen-bond acceptors (Lipinski definition) is 4. The molecule has 0 unspecified atom stereocenters. The minimum atomic E-state index is 0.565. The van der Waals surface area contributed by atoms with Gasteiger partial charge in [-0.25, -0.2) is 15.8 Å². The first-order chi connectivity index (χ1) is 8.69. The fourth-order valence-corrected chi connectivity index (χ4v) is 1.68. The summed E-state index contributed by atoms with van der Waals surface area (Å²) in [6.07, 6.45) is 3.38. The minimum absolute atomic E-state index is 0.565. The van der Waals surface area contributed by atoms with Crippen LogP contribution in [0.3, 0.4) is 0 Å². The molecule has 0 amide bonds. The van der Waals surface area contributed by atoms with Crippen molar-refractivity contribution in [3.63, 3.8) is 0 Å². The molecule has 5 nitrogen and oxygen atoms in total. The number of nitrogens with zero attached hydrogens (tertiary/aromatic N) is 3. The van der Waals surface area contributed by atoms with Crippen LogP contribution in [0.5, 0.6) is 0 Å². The lowest BCUT2D eigenvalue weighted by Crippen LogP contribution is -2.30. The molecule has 0 fully saturated rings. The lowest BCUT2D eigenvalue weighted by atomic mass is 10.2. The van der Waals surface area contributed by atoms with Gasteiger partial charge in [-0.15, -0.1) is 0 Å². The Morgan fingerprint density at radius 3 is 2.56 bits per heavy atom. The molecule has 0 bridgehead atoms. The van der Waals surface area contributed by atoms with Gasteiger partial charge < -0.3 is 5.43 Å². The maximum atomic E-state index is 5.50. The summed E-state index contributed by atoms with van der Waals surface area (Å²) in [4.78, 5) is 12.7. The van der Waals surface area contributed by atoms with Crippen molar-refractivity contribution in [2.75, 3.05) is 0 Å². The molecule has 0 aromatic carbocycles. The van der Waals surface area contributed by atoms with Gasteiger partial charge >= 0.3 is 0 Å². The number of hydrogen-bond donors (Lipinski definition) is 2. The number of aromatic nitrogens is 2. The Morgan fingerprint density at radius 1 is 1.22 bits per heavy atom. The van der Waals surface area contributed by atoms with Crippen LogP contribution in [-0.2, 0) is 0 Å². The SMILES string of the molecule is Cc1cc(C)nc(/N=C(\NN)c2ccncc2)c1. The van der Waals surface area contributed by atoms with Crippen molar-refractivity contribution in [1.29, 1.82) is 0 Å². The Kier molecular flexibility index (Phi) is 3.64. The van der Waals surface area contributed by atoms with Gasteiger partial charge in [0.1, 0.15) is 5.84 Å². The molecule has 0 aliphatic rings. The molecule has 0 saturated carbocycles. The molecule has 0 spiro atoms. The first kappa shape index (κ1) is 12.2. The van der Waals surface area contributed by atoms with Crippen LogP contribution in [0.15, 0.2) is 41.7 Å². The molecule has 3 N–H and O–H groups in total. The van der Waals surface area contributed by atoms with E-state index in [0.29, 0.717) is 11.7 Å². The predicted octanol–water partition coefficient (Wildman–Crippen LogP) is 1.64. The zero-order chi connectivity index (χ0) is 13.0. The molecule has 2 aromatic rings. The van der Waals surface area contributed by atoms with Gasteiger partial charge in [-0.05, 0) is 43.7 Å². The van der Waals surface area contributed by atoms with Gasteiger partial charge in [-0.3, -0.25) is 4.98 Å². The number of aryl methyl sites for hydroxylation is 2. The van der Waals surface area contributed by atoms with E-state index in [9.17, 15) is 0 Å². The van der Waals surface area contributed by atoms with Crippen LogP contribution < -0.4 is 11.3 Å². The van der Waals surface area contributed by atoms with E-state index >= 15 is 0 Å². The summed E-state index contributed by atoms with van der Waals surface area (Å²) in [5.74, 6) is 6.70. The number of pyridine rings is 2. The van der Waals surface area contributed by atoms with Crippen LogP contribution in [0.1, 0.15) is 16.8 Å². The van der Waals surface area contributed by atoms with E-state index in [0.717, 1.165) is 16.8 Å². The summed E-state index contributed by atoms with van der Waals surface area (Å²) in [7, 11) is 0. The molecule has 0 atom stereocenters. The average molecular weight is 241 g/mol. The predicted molar refractivity (Wildman–Crippen MR) is 71.5 cm³/mol. The highest BCUT2D eigenvalue weighted by atomic mass is 15.3. The fraction of sp³-hybridized carbons (Fsp3) is 0.154. The maximum absolute atomic E-state index is 5.50. The second kappa shape index (κ2) is 5.37. The van der Waals surface area contributed by atoms with E-state index in [2.05, 4.69) is 20.4 Å². The second-order valence-electron chi connectivity index (χ2n) is 3.98. The molecule has 2 heterocycles. The van der Waals surface area contributed by atoms with Crippen LogP contribution in [-0.4, -0.2) is 15.8 Å². The van der Waals surface area contributed by atoms with Gasteiger partial charge in [0.15, 0.2) is 5.82 Å². The number of rotatable bonds is 2. The first-order valence-electron chi connectivity index (χ1n) is 5.60. The third-order valence-corrected chi connectivity index (χ3v) is 2.40. The molecule has 0 radical (unpaired) electrons. The Balaban J connectivity index is 2.41. The van der Waals surface area contributed by atoms with Crippen LogP contribution in [0, 0.1) is 13.8 Å². The van der Waals surface area contributed by atoms with E-state index in [1.54, 1.807) is 12.4 Å². The molecule has 0 saturated heterocycles. The van der Waals surface area contributed by atoms with Crippen molar-refractivity contribution in [2.24, 2.45) is 10.8 Å². The molecular formula is C13H15N5. The molecule has 0 aliphatic heterocycles. The topological polar surface area (TPSA) is 76.2 Å². The Hall–Kier alpha value is -2.27. The number of aliphatic imine (C=N–C) groups is 1. The fourth-order valence-electron chi connectivity index (χ4n) is 1.68. The Labute approximate surface area is 106 Å². The van der Waals surface area contributed by atoms with Gasteiger partial charge in [0, 0.05) is 23.7 Å². The van der Waals surface area contributed by atoms with E-state index in [1.807, 2.05) is 38.1 Å². The minimum Gasteiger partial charge on any atom is -0.308 e. The average Bonchev–Trinajstić information content (AvgIpc) is 2.36. The third-order valence-electron chi connectivity index (χ3n) is 2.40. The van der Waals surface area contributed by atoms with Crippen molar-refractivity contribution < 1.29 is 0 Å². The van der Waals surface area contributed by atoms with Gasteiger partial charge in [-0.1, -0.05) is 0 Å². The summed E-state index contributed by atoms with van der Waals surface area (Å²) in [5.41, 5.74) is 5.51. The van der Waals surface area contributed by atoms with Gasteiger partial charge in [0.2, 0.25) is 0 Å². The highest BCUT2D eigenvalue weighted by Crippen LogP contribution is 2.13. The van der Waals surface area contributed by atoms with Gasteiger partial charge in [0.05, 0.1) is 0 Å². The van der Waals surface area contributed by atoms with Crippen LogP contribution >= 0.6 is 0 Å². The van der Waals surface area contributed by atoms with Crippen molar-refractivity contribution in [2.45, 2.75) is 13.8 Å². The molecule has 0 aliphatic carbocycles.